The van der Waals surface area contributed by atoms with Crippen molar-refractivity contribution in [2.45, 2.75) is 11.1 Å². The van der Waals surface area contributed by atoms with E-state index in [-0.39, 0.29) is 33.7 Å². The Morgan fingerprint density at radius 2 is 1.57 bits per heavy atom. The predicted molar refractivity (Wildman–Crippen MR) is 113 cm³/mol. The maximum Gasteiger partial charge on any atom is 0.416 e. The lowest BCUT2D eigenvalue weighted by atomic mass is 10.2. The van der Waals surface area contributed by atoms with Gasteiger partial charge in [-0.2, -0.15) is 26.7 Å². The molecule has 0 fully saturated rings. The second kappa shape index (κ2) is 9.61. The molecule has 0 radical (unpaired) electrons. The first kappa shape index (κ1) is 25.5. The summed E-state index contributed by atoms with van der Waals surface area (Å²) < 4.78 is 88.9. The topological polar surface area (TPSA) is 143 Å². The number of nitrogens with zero attached hydrogens (tertiary/aromatic N) is 1. The van der Waals surface area contributed by atoms with Gasteiger partial charge in [0.2, 0.25) is 5.75 Å². The van der Waals surface area contributed by atoms with E-state index < -0.39 is 32.3 Å². The molecule has 0 unspecified atom stereocenters. The third-order valence-corrected chi connectivity index (χ3v) is 6.10. The molecule has 15 heteroatoms. The van der Waals surface area contributed by atoms with E-state index >= 15 is 0 Å². The van der Waals surface area contributed by atoms with E-state index in [1.165, 1.54) is 39.7 Å². The lowest BCUT2D eigenvalue weighted by Crippen LogP contribution is -2.13. The van der Waals surface area contributed by atoms with Crippen LogP contribution in [0.2, 0.25) is 0 Å². The van der Waals surface area contributed by atoms with Crippen LogP contribution in [0.4, 0.5) is 13.2 Å². The first-order valence-electron chi connectivity index (χ1n) is 9.35. The molecule has 4 rings (SSSR count). The van der Waals surface area contributed by atoms with Crippen molar-refractivity contribution in [3.8, 4) is 17.2 Å². The number of hydrogen-bond acceptors (Lipinski definition) is 9. The average molecular weight is 518 g/mol. The van der Waals surface area contributed by atoms with Crippen LogP contribution in [0.5, 0.6) is 17.2 Å². The molecule has 2 heterocycles. The van der Waals surface area contributed by atoms with E-state index in [2.05, 4.69) is 9.68 Å². The van der Waals surface area contributed by atoms with Crippen molar-refractivity contribution >= 4 is 20.9 Å². The Bertz CT molecular complexity index is 1530. The highest BCUT2D eigenvalue weighted by Crippen LogP contribution is 2.42. The summed E-state index contributed by atoms with van der Waals surface area (Å²) in [5.74, 6) is -0.0227. The van der Waals surface area contributed by atoms with E-state index in [1.54, 1.807) is 0 Å². The number of rotatable bonds is 5. The molecule has 0 amide bonds. The minimum absolute atomic E-state index is 0.0412. The SMILES string of the molecule is COc1cc2c(c(OC)c1OC)c(=O)on2S(=O)(=O)c1ccc(C(F)(F)F)cc1.O=c1cco[nH]1. The van der Waals surface area contributed by atoms with Crippen LogP contribution >= 0.6 is 0 Å². The largest absolute Gasteiger partial charge is 0.493 e. The molecule has 35 heavy (non-hydrogen) atoms. The molecule has 0 aliphatic rings. The van der Waals surface area contributed by atoms with Gasteiger partial charge in [-0.25, -0.2) is 4.79 Å². The standard InChI is InChI=1S/C17H14F3NO7S.C3H3NO2/c1-25-12-8-11-13(15(27-3)14(12)26-2)16(22)28-21(11)29(23,24)10-6-4-9(5-7-10)17(18,19)20;5-3-1-2-6-4-3/h4-8H,1-3H3;1-2H,(H,4,5). The highest BCUT2D eigenvalue weighted by Gasteiger charge is 2.32. The number of fused-ring (bicyclic) bond motifs is 1. The van der Waals surface area contributed by atoms with E-state index in [1.807, 2.05) is 0 Å². The molecule has 0 spiro atoms. The van der Waals surface area contributed by atoms with E-state index in [0.717, 1.165) is 12.1 Å². The molecule has 11 nitrogen and oxygen atoms in total. The summed E-state index contributed by atoms with van der Waals surface area (Å²) in [5, 5.41) is 1.83. The van der Waals surface area contributed by atoms with Crippen LogP contribution in [0, 0.1) is 0 Å². The number of aromatic amines is 1. The summed E-state index contributed by atoms with van der Waals surface area (Å²) >= 11 is 0. The second-order valence-corrected chi connectivity index (χ2v) is 8.31. The van der Waals surface area contributed by atoms with Crippen molar-refractivity contribution in [1.29, 1.82) is 0 Å². The van der Waals surface area contributed by atoms with Crippen molar-refractivity contribution in [2.24, 2.45) is 0 Å². The zero-order chi connectivity index (χ0) is 26.0. The third kappa shape index (κ3) is 4.89. The highest BCUT2D eigenvalue weighted by molar-refractivity contribution is 7.90. The fraction of sp³-hybridized carbons (Fsp3) is 0.200. The Hall–Kier alpha value is -4.14. The van der Waals surface area contributed by atoms with Crippen LogP contribution in [0.15, 0.2) is 66.2 Å². The number of H-pyrrole nitrogens is 1. The van der Waals surface area contributed by atoms with Crippen molar-refractivity contribution < 1.29 is 44.8 Å². The number of nitrogens with one attached hydrogen (secondary N) is 1. The molecular weight excluding hydrogens is 501 g/mol. The number of alkyl halides is 3. The molecule has 2 aromatic carbocycles. The highest BCUT2D eigenvalue weighted by atomic mass is 32.2. The average Bonchev–Trinajstić information content (AvgIpc) is 3.44. The molecule has 188 valence electrons. The van der Waals surface area contributed by atoms with Crippen molar-refractivity contribution in [3.05, 3.63) is 69.0 Å². The number of ether oxygens (including phenoxy) is 3. The molecule has 0 atom stereocenters. The molecule has 0 aliphatic heterocycles. The minimum Gasteiger partial charge on any atom is -0.493 e. The van der Waals surface area contributed by atoms with Gasteiger partial charge in [-0.15, -0.1) is 0 Å². The fourth-order valence-electron chi connectivity index (χ4n) is 2.97. The Morgan fingerprint density at radius 1 is 0.943 bits per heavy atom. The van der Waals surface area contributed by atoms with Gasteiger partial charge >= 0.3 is 11.8 Å². The summed E-state index contributed by atoms with van der Waals surface area (Å²) in [6.45, 7) is 0. The number of hydrogen-bond donors (Lipinski definition) is 1. The molecular formula is C20H17F3N2O9S. The first-order chi connectivity index (χ1) is 16.4. The van der Waals surface area contributed by atoms with Gasteiger partial charge in [0.1, 0.15) is 17.2 Å². The fourth-order valence-corrected chi connectivity index (χ4v) is 4.21. The third-order valence-electron chi connectivity index (χ3n) is 4.52. The monoisotopic (exact) mass is 518 g/mol. The van der Waals surface area contributed by atoms with Gasteiger partial charge in [0.25, 0.3) is 15.6 Å². The molecule has 0 saturated carbocycles. The minimum atomic E-state index is -4.63. The summed E-state index contributed by atoms with van der Waals surface area (Å²) in [6, 6.07) is 5.24. The maximum absolute atomic E-state index is 12.9. The second-order valence-electron chi connectivity index (χ2n) is 6.56. The van der Waals surface area contributed by atoms with Gasteiger partial charge in [0.15, 0.2) is 11.5 Å². The van der Waals surface area contributed by atoms with Crippen LogP contribution in [0.3, 0.4) is 0 Å². The van der Waals surface area contributed by atoms with Crippen LogP contribution in [-0.4, -0.2) is 39.0 Å². The number of aromatic nitrogens is 2. The smallest absolute Gasteiger partial charge is 0.416 e. The van der Waals surface area contributed by atoms with Crippen LogP contribution in [-0.2, 0) is 16.2 Å². The Labute approximate surface area is 194 Å². The van der Waals surface area contributed by atoms with Crippen molar-refractivity contribution in [1.82, 2.24) is 9.30 Å². The van der Waals surface area contributed by atoms with E-state index in [4.69, 9.17) is 18.7 Å². The summed E-state index contributed by atoms with van der Waals surface area (Å²) in [7, 11) is -0.729. The van der Waals surface area contributed by atoms with Crippen LogP contribution < -0.4 is 25.4 Å². The number of methoxy groups -OCH3 is 3. The quantitative estimate of drug-likeness (QED) is 0.422. The van der Waals surface area contributed by atoms with E-state index in [9.17, 15) is 31.2 Å². The number of benzene rings is 2. The summed E-state index contributed by atoms with van der Waals surface area (Å²) in [4.78, 5) is 21.7. The Balaban J connectivity index is 0.000000497. The van der Waals surface area contributed by atoms with Gasteiger partial charge in [-0.05, 0) is 24.3 Å². The molecule has 0 aliphatic carbocycles. The van der Waals surface area contributed by atoms with Gasteiger partial charge in [-0.1, -0.05) is 4.15 Å². The van der Waals surface area contributed by atoms with Crippen molar-refractivity contribution in [3.63, 3.8) is 0 Å². The molecule has 2 aromatic heterocycles. The molecule has 1 N–H and O–H groups in total. The normalized spacial score (nSPS) is 11.6. The first-order valence-corrected chi connectivity index (χ1v) is 10.8. The zero-order valence-corrected chi connectivity index (χ0v) is 19.0. The van der Waals surface area contributed by atoms with E-state index in [0.29, 0.717) is 16.3 Å². The van der Waals surface area contributed by atoms with Gasteiger partial charge < -0.3 is 23.3 Å². The Kier molecular flexibility index (Phi) is 7.00. The van der Waals surface area contributed by atoms with Crippen LogP contribution in [0.1, 0.15) is 5.56 Å². The Morgan fingerprint density at radius 3 is 2.00 bits per heavy atom. The summed E-state index contributed by atoms with van der Waals surface area (Å²) in [5.41, 5.74) is -2.50. The molecule has 4 aromatic rings. The molecule has 0 bridgehead atoms. The predicted octanol–water partition coefficient (Wildman–Crippen LogP) is 2.84. The maximum atomic E-state index is 12.9. The zero-order valence-electron chi connectivity index (χ0n) is 18.2. The van der Waals surface area contributed by atoms with Gasteiger partial charge in [-0.3, -0.25) is 4.79 Å². The van der Waals surface area contributed by atoms with Crippen molar-refractivity contribution in [2.75, 3.05) is 21.3 Å². The summed E-state index contributed by atoms with van der Waals surface area (Å²) in [6.07, 6.45) is -3.34. The van der Waals surface area contributed by atoms with Gasteiger partial charge in [0.05, 0.1) is 31.8 Å². The molecule has 0 saturated heterocycles. The van der Waals surface area contributed by atoms with Crippen LogP contribution in [0.25, 0.3) is 10.9 Å². The number of halogens is 3. The lowest BCUT2D eigenvalue weighted by molar-refractivity contribution is -0.137. The lowest BCUT2D eigenvalue weighted by Gasteiger charge is -2.13. The van der Waals surface area contributed by atoms with Gasteiger partial charge in [0, 0.05) is 12.1 Å².